The molecule has 4 nitrogen and oxygen atoms in total. The van der Waals surface area contributed by atoms with E-state index in [1.165, 1.54) is 5.57 Å². The summed E-state index contributed by atoms with van der Waals surface area (Å²) in [6.45, 7) is 2.25. The van der Waals surface area contributed by atoms with Gasteiger partial charge in [0.25, 0.3) is 0 Å². The number of hydrogen-bond acceptors (Lipinski definition) is 2. The Balaban J connectivity index is 0.00000169. The highest BCUT2D eigenvalue weighted by atomic mass is 16.0. The Bertz CT molecular complexity index is 894. The molecule has 1 aliphatic rings. The minimum Gasteiger partial charge on any atom is -0.412 e. The van der Waals surface area contributed by atoms with Gasteiger partial charge in [-0.25, -0.2) is 9.97 Å². The van der Waals surface area contributed by atoms with Gasteiger partial charge in [-0.05, 0) is 12.3 Å². The predicted octanol–water partition coefficient (Wildman–Crippen LogP) is 3.64. The van der Waals surface area contributed by atoms with Gasteiger partial charge in [0.15, 0.2) is 5.65 Å². The Morgan fingerprint density at radius 3 is 2.83 bits per heavy atom. The first kappa shape index (κ1) is 16.1. The second-order valence-electron chi connectivity index (χ2n) is 6.16. The van der Waals surface area contributed by atoms with Crippen molar-refractivity contribution < 1.29 is 5.48 Å². The van der Waals surface area contributed by atoms with Gasteiger partial charge in [-0.1, -0.05) is 61.1 Å². The van der Waals surface area contributed by atoms with Gasteiger partial charge in [0.05, 0.1) is 11.4 Å². The summed E-state index contributed by atoms with van der Waals surface area (Å²) in [6.07, 6.45) is 14.5. The number of allylic oxidation sites excluding steroid dienone is 4. The van der Waals surface area contributed by atoms with Gasteiger partial charge < -0.3 is 9.88 Å². The van der Waals surface area contributed by atoms with E-state index in [0.29, 0.717) is 5.92 Å². The molecule has 24 heavy (non-hydrogen) atoms. The standard InChI is InChI=1S/C20H19N3.H2O/c1-15-6-5-7-16(12-15)13-18-20-21-10-11-23(20)14-19(22-18)17-8-3-2-4-9-17;/h2-11,14-15H,12-13H2,1H3;1H2. The van der Waals surface area contributed by atoms with Crippen LogP contribution >= 0.6 is 0 Å². The monoisotopic (exact) mass is 319 g/mol. The molecule has 0 bridgehead atoms. The van der Waals surface area contributed by atoms with Gasteiger partial charge in [-0.15, -0.1) is 0 Å². The average molecular weight is 319 g/mol. The van der Waals surface area contributed by atoms with Crippen molar-refractivity contribution in [1.82, 2.24) is 14.4 Å². The van der Waals surface area contributed by atoms with Crippen LogP contribution in [0.1, 0.15) is 19.0 Å². The van der Waals surface area contributed by atoms with E-state index in [1.807, 2.05) is 30.6 Å². The molecule has 2 N–H and O–H groups in total. The molecule has 0 aliphatic heterocycles. The lowest BCUT2D eigenvalue weighted by molar-refractivity contribution is 0.691. The number of nitrogens with zero attached hydrogens (tertiary/aromatic N) is 3. The third kappa shape index (κ3) is 3.14. The zero-order valence-electron chi connectivity index (χ0n) is 13.7. The third-order valence-corrected chi connectivity index (χ3v) is 4.26. The number of rotatable bonds is 3. The van der Waals surface area contributed by atoms with Crippen molar-refractivity contribution in [3.63, 3.8) is 0 Å². The van der Waals surface area contributed by atoms with E-state index in [0.717, 1.165) is 35.4 Å². The quantitative estimate of drug-likeness (QED) is 0.740. The summed E-state index contributed by atoms with van der Waals surface area (Å²) in [5.41, 5.74) is 5.54. The van der Waals surface area contributed by atoms with Crippen LogP contribution in [0.5, 0.6) is 0 Å². The second-order valence-corrected chi connectivity index (χ2v) is 6.16. The maximum Gasteiger partial charge on any atom is 0.158 e. The summed E-state index contributed by atoms with van der Waals surface area (Å²) >= 11 is 0. The molecule has 4 rings (SSSR count). The largest absolute Gasteiger partial charge is 0.412 e. The maximum absolute atomic E-state index is 4.91. The maximum atomic E-state index is 4.91. The first-order chi connectivity index (χ1) is 11.3. The predicted molar refractivity (Wildman–Crippen MR) is 96.7 cm³/mol. The lowest BCUT2D eigenvalue weighted by atomic mass is 9.93. The van der Waals surface area contributed by atoms with Gasteiger partial charge in [0, 0.05) is 30.6 Å². The van der Waals surface area contributed by atoms with Crippen LogP contribution < -0.4 is 0 Å². The van der Waals surface area contributed by atoms with E-state index < -0.39 is 0 Å². The molecule has 0 amide bonds. The Morgan fingerprint density at radius 1 is 1.21 bits per heavy atom. The number of benzene rings is 1. The van der Waals surface area contributed by atoms with Crippen LogP contribution in [0.3, 0.4) is 0 Å². The van der Waals surface area contributed by atoms with Crippen LogP contribution in [-0.4, -0.2) is 19.8 Å². The minimum atomic E-state index is 0. The molecule has 2 aromatic heterocycles. The number of fused-ring (bicyclic) bond motifs is 1. The molecule has 1 aliphatic carbocycles. The normalized spacial score (nSPS) is 16.7. The van der Waals surface area contributed by atoms with Crippen molar-refractivity contribution in [2.75, 3.05) is 0 Å². The highest BCUT2D eigenvalue weighted by Gasteiger charge is 2.13. The van der Waals surface area contributed by atoms with Gasteiger partial charge in [0.2, 0.25) is 0 Å². The number of hydrogen-bond donors (Lipinski definition) is 0. The molecule has 3 aromatic rings. The summed E-state index contributed by atoms with van der Waals surface area (Å²) in [5.74, 6) is 0.600. The zero-order chi connectivity index (χ0) is 15.6. The molecule has 2 heterocycles. The molecule has 0 saturated heterocycles. The summed E-state index contributed by atoms with van der Waals surface area (Å²) in [4.78, 5) is 9.41. The van der Waals surface area contributed by atoms with Crippen LogP contribution in [0.4, 0.5) is 0 Å². The minimum absolute atomic E-state index is 0. The lowest BCUT2D eigenvalue weighted by Crippen LogP contribution is -2.05. The highest BCUT2D eigenvalue weighted by Crippen LogP contribution is 2.24. The van der Waals surface area contributed by atoms with E-state index in [-0.39, 0.29) is 5.48 Å². The van der Waals surface area contributed by atoms with Crippen molar-refractivity contribution in [3.05, 3.63) is 78.4 Å². The SMILES string of the molecule is CC1C=CC=C(Cc2nc(-c3ccccc3)cn3ccnc23)C1.O. The Labute approximate surface area is 141 Å². The lowest BCUT2D eigenvalue weighted by Gasteiger charge is -2.15. The number of aromatic nitrogens is 3. The first-order valence-electron chi connectivity index (χ1n) is 8.04. The van der Waals surface area contributed by atoms with Gasteiger partial charge >= 0.3 is 0 Å². The van der Waals surface area contributed by atoms with Gasteiger partial charge in [-0.2, -0.15) is 0 Å². The molecule has 1 unspecified atom stereocenters. The van der Waals surface area contributed by atoms with E-state index in [4.69, 9.17) is 4.98 Å². The van der Waals surface area contributed by atoms with Crippen LogP contribution in [0.2, 0.25) is 0 Å². The molecule has 1 atom stereocenters. The fraction of sp³-hybridized carbons (Fsp3) is 0.200. The molecule has 1 aromatic carbocycles. The molecule has 4 heteroatoms. The molecular formula is C20H21N3O. The van der Waals surface area contributed by atoms with E-state index >= 15 is 0 Å². The van der Waals surface area contributed by atoms with Crippen molar-refractivity contribution in [2.24, 2.45) is 5.92 Å². The van der Waals surface area contributed by atoms with Crippen molar-refractivity contribution in [1.29, 1.82) is 0 Å². The molecule has 122 valence electrons. The second kappa shape index (κ2) is 6.81. The molecule has 0 fully saturated rings. The molecule has 0 saturated carbocycles. The summed E-state index contributed by atoms with van der Waals surface area (Å²) < 4.78 is 2.08. The van der Waals surface area contributed by atoms with Gasteiger partial charge in [-0.3, -0.25) is 0 Å². The van der Waals surface area contributed by atoms with Gasteiger partial charge in [0.1, 0.15) is 0 Å². The smallest absolute Gasteiger partial charge is 0.158 e. The van der Waals surface area contributed by atoms with E-state index in [2.05, 4.69) is 52.9 Å². The fourth-order valence-corrected chi connectivity index (χ4v) is 3.14. The Kier molecular flexibility index (Phi) is 4.58. The van der Waals surface area contributed by atoms with Crippen LogP contribution in [-0.2, 0) is 6.42 Å². The topological polar surface area (TPSA) is 61.7 Å². The first-order valence-corrected chi connectivity index (χ1v) is 8.04. The Morgan fingerprint density at radius 2 is 2.04 bits per heavy atom. The van der Waals surface area contributed by atoms with E-state index in [9.17, 15) is 0 Å². The Hall–Kier alpha value is -2.72. The van der Waals surface area contributed by atoms with Crippen LogP contribution in [0.25, 0.3) is 16.9 Å². The zero-order valence-corrected chi connectivity index (χ0v) is 13.7. The molecular weight excluding hydrogens is 298 g/mol. The summed E-state index contributed by atoms with van der Waals surface area (Å²) in [6, 6.07) is 10.3. The van der Waals surface area contributed by atoms with Crippen molar-refractivity contribution in [3.8, 4) is 11.3 Å². The van der Waals surface area contributed by atoms with E-state index in [1.54, 1.807) is 0 Å². The van der Waals surface area contributed by atoms with Crippen molar-refractivity contribution in [2.45, 2.75) is 19.8 Å². The summed E-state index contributed by atoms with van der Waals surface area (Å²) in [7, 11) is 0. The fourth-order valence-electron chi connectivity index (χ4n) is 3.14. The highest BCUT2D eigenvalue weighted by molar-refractivity contribution is 5.61. The average Bonchev–Trinajstić information content (AvgIpc) is 3.04. The van der Waals surface area contributed by atoms with Crippen LogP contribution in [0.15, 0.2) is 72.7 Å². The van der Waals surface area contributed by atoms with Crippen LogP contribution in [0, 0.1) is 5.92 Å². The summed E-state index contributed by atoms with van der Waals surface area (Å²) in [5, 5.41) is 0. The molecule has 0 spiro atoms. The van der Waals surface area contributed by atoms with Crippen molar-refractivity contribution >= 4 is 5.65 Å². The molecule has 0 radical (unpaired) electrons. The third-order valence-electron chi connectivity index (χ3n) is 4.26. The number of imidazole rings is 1.